The molecule has 0 aliphatic carbocycles. The fourth-order valence-corrected chi connectivity index (χ4v) is 2.92. The third-order valence-electron chi connectivity index (χ3n) is 3.99. The van der Waals surface area contributed by atoms with Crippen molar-refractivity contribution in [2.75, 3.05) is 14.1 Å². The number of hydrogen-bond donors (Lipinski definition) is 1. The molecule has 0 aliphatic heterocycles. The smallest absolute Gasteiger partial charge is 0.0336 e. The molecule has 22 heavy (non-hydrogen) atoms. The van der Waals surface area contributed by atoms with E-state index in [4.69, 9.17) is 11.6 Å². The summed E-state index contributed by atoms with van der Waals surface area (Å²) in [4.78, 5) is 0. The first kappa shape index (κ1) is 24.5. The van der Waals surface area contributed by atoms with E-state index in [0.29, 0.717) is 5.38 Å². The summed E-state index contributed by atoms with van der Waals surface area (Å²) >= 11 is 6.38. The maximum atomic E-state index is 6.38. The summed E-state index contributed by atoms with van der Waals surface area (Å²) in [6.07, 6.45) is 20.6. The van der Waals surface area contributed by atoms with Crippen LogP contribution in [0.4, 0.5) is 0 Å². The average molecular weight is 334 g/mol. The van der Waals surface area contributed by atoms with E-state index in [1.165, 1.54) is 96.3 Å². The van der Waals surface area contributed by atoms with Gasteiger partial charge in [0, 0.05) is 5.38 Å². The van der Waals surface area contributed by atoms with Crippen LogP contribution >= 0.6 is 11.6 Å². The molecule has 0 aromatic carbocycles. The highest BCUT2D eigenvalue weighted by molar-refractivity contribution is 6.20. The van der Waals surface area contributed by atoms with Crippen molar-refractivity contribution >= 4 is 11.6 Å². The van der Waals surface area contributed by atoms with Crippen LogP contribution in [0.3, 0.4) is 0 Å². The summed E-state index contributed by atoms with van der Waals surface area (Å²) in [6.45, 7) is 4.55. The van der Waals surface area contributed by atoms with Gasteiger partial charge >= 0.3 is 0 Å². The normalized spacial score (nSPS) is 11.9. The Hall–Kier alpha value is 0.250. The lowest BCUT2D eigenvalue weighted by Crippen LogP contribution is -1.98. The second kappa shape index (κ2) is 23.5. The number of hydrogen-bond acceptors (Lipinski definition) is 1. The molecule has 1 nitrogen and oxygen atoms in total. The van der Waals surface area contributed by atoms with Gasteiger partial charge in [0.05, 0.1) is 0 Å². The molecular formula is C20H44ClN. The lowest BCUT2D eigenvalue weighted by molar-refractivity contribution is 0.535. The maximum Gasteiger partial charge on any atom is 0.0336 e. The monoisotopic (exact) mass is 333 g/mol. The fourth-order valence-electron chi connectivity index (χ4n) is 2.61. The molecule has 2 heteroatoms. The predicted molar refractivity (Wildman–Crippen MR) is 105 cm³/mol. The van der Waals surface area contributed by atoms with Crippen molar-refractivity contribution < 1.29 is 0 Å². The lowest BCUT2D eigenvalue weighted by Gasteiger charge is -2.09. The summed E-state index contributed by atoms with van der Waals surface area (Å²) in [6, 6.07) is 0. The number of rotatable bonds is 15. The SMILES string of the molecule is CCCCCCCCCC(Cl)CCCCCCCC.CNC. The van der Waals surface area contributed by atoms with Crippen molar-refractivity contribution in [3.63, 3.8) is 0 Å². The number of alkyl halides is 1. The number of halogens is 1. The molecule has 1 atom stereocenters. The standard InChI is InChI=1S/C18H37Cl.C2H7N/c1-3-5-7-9-11-13-15-17-18(19)16-14-12-10-8-6-4-2;1-3-2/h18H,3-17H2,1-2H3;3H,1-2H3. The van der Waals surface area contributed by atoms with E-state index in [1.807, 2.05) is 14.1 Å². The molecule has 0 amide bonds. The van der Waals surface area contributed by atoms with E-state index in [9.17, 15) is 0 Å². The van der Waals surface area contributed by atoms with Gasteiger partial charge in [-0.1, -0.05) is 97.3 Å². The molecule has 0 bridgehead atoms. The molecule has 0 aromatic rings. The zero-order valence-electron chi connectivity index (χ0n) is 16.1. The summed E-state index contributed by atoms with van der Waals surface area (Å²) in [5.74, 6) is 0. The third kappa shape index (κ3) is 25.2. The number of nitrogens with one attached hydrogen (secondary N) is 1. The second-order valence-electron chi connectivity index (χ2n) is 6.56. The Balaban J connectivity index is 0. The van der Waals surface area contributed by atoms with Gasteiger partial charge in [0.15, 0.2) is 0 Å². The highest BCUT2D eigenvalue weighted by atomic mass is 35.5. The Bertz CT molecular complexity index is 173. The highest BCUT2D eigenvalue weighted by Gasteiger charge is 2.03. The molecule has 0 radical (unpaired) electrons. The molecule has 0 spiro atoms. The molecule has 0 saturated carbocycles. The minimum Gasteiger partial charge on any atom is -0.323 e. The molecule has 0 rings (SSSR count). The maximum absolute atomic E-state index is 6.38. The first-order chi connectivity index (χ1) is 10.7. The number of unbranched alkanes of at least 4 members (excludes halogenated alkanes) is 11. The molecule has 0 aliphatic rings. The van der Waals surface area contributed by atoms with E-state index in [2.05, 4.69) is 19.2 Å². The van der Waals surface area contributed by atoms with Crippen LogP contribution in [-0.2, 0) is 0 Å². The molecule has 0 fully saturated rings. The summed E-state index contributed by atoms with van der Waals surface area (Å²) in [5, 5.41) is 3.20. The average Bonchev–Trinajstić information content (AvgIpc) is 2.50. The zero-order valence-corrected chi connectivity index (χ0v) is 16.8. The van der Waals surface area contributed by atoms with Crippen molar-refractivity contribution in [2.45, 2.75) is 116 Å². The third-order valence-corrected chi connectivity index (χ3v) is 4.43. The van der Waals surface area contributed by atoms with Crippen molar-refractivity contribution in [3.8, 4) is 0 Å². The molecule has 136 valence electrons. The van der Waals surface area contributed by atoms with E-state index in [0.717, 1.165) is 0 Å². The Kier molecular flexibility index (Phi) is 26.2. The van der Waals surface area contributed by atoms with Crippen LogP contribution in [0, 0.1) is 0 Å². The minimum absolute atomic E-state index is 0.446. The van der Waals surface area contributed by atoms with Gasteiger partial charge in [-0.25, -0.2) is 0 Å². The zero-order chi connectivity index (χ0) is 16.9. The van der Waals surface area contributed by atoms with E-state index >= 15 is 0 Å². The highest BCUT2D eigenvalue weighted by Crippen LogP contribution is 2.18. The van der Waals surface area contributed by atoms with Gasteiger partial charge < -0.3 is 5.32 Å². The molecule has 1 unspecified atom stereocenters. The van der Waals surface area contributed by atoms with Gasteiger partial charge in [0.25, 0.3) is 0 Å². The van der Waals surface area contributed by atoms with Crippen molar-refractivity contribution in [1.29, 1.82) is 0 Å². The predicted octanol–water partition coefficient (Wildman–Crippen LogP) is 7.32. The summed E-state index contributed by atoms with van der Waals surface area (Å²) in [5.41, 5.74) is 0. The van der Waals surface area contributed by atoms with E-state index in [1.54, 1.807) is 0 Å². The van der Waals surface area contributed by atoms with Gasteiger partial charge in [-0.3, -0.25) is 0 Å². The van der Waals surface area contributed by atoms with Crippen LogP contribution in [0.25, 0.3) is 0 Å². The van der Waals surface area contributed by atoms with Gasteiger partial charge in [-0.05, 0) is 26.9 Å². The van der Waals surface area contributed by atoms with Gasteiger partial charge in [-0.15, -0.1) is 11.6 Å². The van der Waals surface area contributed by atoms with Gasteiger partial charge in [-0.2, -0.15) is 0 Å². The van der Waals surface area contributed by atoms with Gasteiger partial charge in [0.2, 0.25) is 0 Å². The van der Waals surface area contributed by atoms with Crippen molar-refractivity contribution in [3.05, 3.63) is 0 Å². The second-order valence-corrected chi connectivity index (χ2v) is 7.18. The van der Waals surface area contributed by atoms with Crippen LogP contribution in [0.2, 0.25) is 0 Å². The van der Waals surface area contributed by atoms with Crippen LogP contribution in [-0.4, -0.2) is 19.5 Å². The van der Waals surface area contributed by atoms with Crippen molar-refractivity contribution in [1.82, 2.24) is 5.32 Å². The van der Waals surface area contributed by atoms with Crippen LogP contribution in [0.15, 0.2) is 0 Å². The van der Waals surface area contributed by atoms with Crippen molar-refractivity contribution in [2.24, 2.45) is 0 Å². The molecular weight excluding hydrogens is 290 g/mol. The largest absolute Gasteiger partial charge is 0.323 e. The fraction of sp³-hybridized carbons (Fsp3) is 1.00. The van der Waals surface area contributed by atoms with Crippen LogP contribution < -0.4 is 5.32 Å². The van der Waals surface area contributed by atoms with Crippen LogP contribution in [0.5, 0.6) is 0 Å². The van der Waals surface area contributed by atoms with E-state index in [-0.39, 0.29) is 0 Å². The minimum atomic E-state index is 0.446. The Morgan fingerprint density at radius 1 is 0.591 bits per heavy atom. The topological polar surface area (TPSA) is 12.0 Å². The lowest BCUT2D eigenvalue weighted by atomic mass is 10.0. The summed E-state index contributed by atoms with van der Waals surface area (Å²) < 4.78 is 0. The Morgan fingerprint density at radius 3 is 1.18 bits per heavy atom. The van der Waals surface area contributed by atoms with Gasteiger partial charge in [0.1, 0.15) is 0 Å². The first-order valence-electron chi connectivity index (χ1n) is 9.95. The van der Waals surface area contributed by atoms with Crippen LogP contribution in [0.1, 0.15) is 110 Å². The first-order valence-corrected chi connectivity index (χ1v) is 10.4. The molecule has 0 heterocycles. The molecule has 0 aromatic heterocycles. The Labute approximate surface area is 147 Å². The molecule has 1 N–H and O–H groups in total. The molecule has 0 saturated heterocycles. The Morgan fingerprint density at radius 2 is 0.864 bits per heavy atom. The van der Waals surface area contributed by atoms with E-state index < -0.39 is 0 Å². The summed E-state index contributed by atoms with van der Waals surface area (Å²) in [7, 11) is 3.75. The quantitative estimate of drug-likeness (QED) is 0.244.